The van der Waals surface area contributed by atoms with Crippen LogP contribution in [0, 0.1) is 5.41 Å². The number of halogens is 2. The van der Waals surface area contributed by atoms with Gasteiger partial charge < -0.3 is 9.32 Å². The van der Waals surface area contributed by atoms with Gasteiger partial charge in [-0.1, -0.05) is 19.8 Å². The zero-order valence-corrected chi connectivity index (χ0v) is 14.7. The van der Waals surface area contributed by atoms with Gasteiger partial charge in [-0.05, 0) is 38.3 Å². The van der Waals surface area contributed by atoms with Crippen molar-refractivity contribution < 1.29 is 9.21 Å². The van der Waals surface area contributed by atoms with E-state index in [1.165, 1.54) is 0 Å². The van der Waals surface area contributed by atoms with Crippen LogP contribution in [0.15, 0.2) is 16.5 Å². The van der Waals surface area contributed by atoms with Crippen LogP contribution in [0.25, 0.3) is 0 Å². The molecule has 3 nitrogen and oxygen atoms in total. The van der Waals surface area contributed by atoms with E-state index in [1.54, 1.807) is 0 Å². The topological polar surface area (TPSA) is 33.5 Å². The standard InChI is InChI=1S/C17H23Cl2NO2/c1-3-12-8-9-14(22-12)13-7-5-4-6-10-20(13)15(21)16(2)11-17(16,18)19/h8-9,13H,3-7,10-11H2,1-2H3. The molecule has 1 saturated carbocycles. The predicted molar refractivity (Wildman–Crippen MR) is 88.2 cm³/mol. The monoisotopic (exact) mass is 343 g/mol. The SMILES string of the molecule is CCc1ccc(C2CCCCCN2C(=O)C2(C)CC2(Cl)Cl)o1. The van der Waals surface area contributed by atoms with E-state index < -0.39 is 9.75 Å². The Morgan fingerprint density at radius 1 is 1.36 bits per heavy atom. The lowest BCUT2D eigenvalue weighted by atomic mass is 10.0. The van der Waals surface area contributed by atoms with E-state index in [4.69, 9.17) is 27.6 Å². The molecule has 22 heavy (non-hydrogen) atoms. The molecule has 0 bridgehead atoms. The highest BCUT2D eigenvalue weighted by atomic mass is 35.5. The van der Waals surface area contributed by atoms with E-state index in [0.717, 1.165) is 50.2 Å². The van der Waals surface area contributed by atoms with Gasteiger partial charge in [-0.2, -0.15) is 0 Å². The molecule has 2 heterocycles. The molecule has 122 valence electrons. The number of aryl methyl sites for hydroxylation is 1. The second-order valence-electron chi connectivity index (χ2n) is 6.73. The molecule has 2 aliphatic rings. The first kappa shape index (κ1) is 16.2. The molecule has 0 aromatic carbocycles. The number of rotatable bonds is 3. The molecule has 1 saturated heterocycles. The molecule has 1 amide bonds. The molecule has 1 aromatic heterocycles. The van der Waals surface area contributed by atoms with Crippen LogP contribution in [0.2, 0.25) is 0 Å². The summed E-state index contributed by atoms with van der Waals surface area (Å²) >= 11 is 12.4. The van der Waals surface area contributed by atoms with Crippen LogP contribution in [0.4, 0.5) is 0 Å². The summed E-state index contributed by atoms with van der Waals surface area (Å²) in [5.74, 6) is 1.93. The minimum atomic E-state index is -0.918. The van der Waals surface area contributed by atoms with Crippen LogP contribution in [0.1, 0.15) is 63.5 Å². The van der Waals surface area contributed by atoms with Crippen molar-refractivity contribution in [2.45, 2.75) is 62.7 Å². The number of furan rings is 1. The van der Waals surface area contributed by atoms with Crippen molar-refractivity contribution in [3.63, 3.8) is 0 Å². The smallest absolute Gasteiger partial charge is 0.232 e. The Kier molecular flexibility index (Phi) is 4.24. The fourth-order valence-electron chi connectivity index (χ4n) is 3.36. The summed E-state index contributed by atoms with van der Waals surface area (Å²) in [6, 6.07) is 4.03. The van der Waals surface area contributed by atoms with Crippen LogP contribution in [-0.2, 0) is 11.2 Å². The van der Waals surface area contributed by atoms with E-state index >= 15 is 0 Å². The number of hydrogen-bond acceptors (Lipinski definition) is 2. The van der Waals surface area contributed by atoms with Crippen molar-refractivity contribution in [2.24, 2.45) is 5.41 Å². The largest absolute Gasteiger partial charge is 0.464 e. The molecule has 0 radical (unpaired) electrons. The Bertz CT molecular complexity index is 569. The first-order valence-electron chi connectivity index (χ1n) is 8.16. The van der Waals surface area contributed by atoms with Gasteiger partial charge in [0.15, 0.2) is 0 Å². The van der Waals surface area contributed by atoms with Crippen LogP contribution in [0.5, 0.6) is 0 Å². The molecular weight excluding hydrogens is 321 g/mol. The van der Waals surface area contributed by atoms with Gasteiger partial charge >= 0.3 is 0 Å². The van der Waals surface area contributed by atoms with Crippen molar-refractivity contribution in [3.8, 4) is 0 Å². The van der Waals surface area contributed by atoms with E-state index in [2.05, 4.69) is 6.92 Å². The maximum atomic E-state index is 13.0. The number of hydrogen-bond donors (Lipinski definition) is 0. The molecule has 2 fully saturated rings. The average Bonchev–Trinajstić information content (AvgIpc) is 2.82. The molecule has 2 atom stereocenters. The molecule has 1 aliphatic carbocycles. The molecule has 0 spiro atoms. The van der Waals surface area contributed by atoms with E-state index in [-0.39, 0.29) is 11.9 Å². The van der Waals surface area contributed by atoms with Crippen molar-refractivity contribution in [3.05, 3.63) is 23.7 Å². The van der Waals surface area contributed by atoms with Gasteiger partial charge in [-0.15, -0.1) is 23.2 Å². The van der Waals surface area contributed by atoms with E-state index in [9.17, 15) is 4.79 Å². The number of likely N-dealkylation sites (tertiary alicyclic amines) is 1. The minimum absolute atomic E-state index is 0.0110. The van der Waals surface area contributed by atoms with Crippen LogP contribution in [0.3, 0.4) is 0 Å². The number of carbonyl (C=O) groups is 1. The lowest BCUT2D eigenvalue weighted by molar-refractivity contribution is -0.139. The molecule has 0 N–H and O–H groups in total. The van der Waals surface area contributed by atoms with Crippen molar-refractivity contribution >= 4 is 29.1 Å². The van der Waals surface area contributed by atoms with E-state index in [1.807, 2.05) is 24.0 Å². The fraction of sp³-hybridized carbons (Fsp3) is 0.706. The summed E-state index contributed by atoms with van der Waals surface area (Å²) < 4.78 is 5.02. The van der Waals surface area contributed by atoms with Crippen molar-refractivity contribution in [1.29, 1.82) is 0 Å². The Balaban J connectivity index is 1.87. The summed E-state index contributed by atoms with van der Waals surface area (Å²) in [4.78, 5) is 15.0. The molecule has 2 unspecified atom stereocenters. The molecule has 3 rings (SSSR count). The molecule has 1 aliphatic heterocycles. The summed E-state index contributed by atoms with van der Waals surface area (Å²) in [6.07, 6.45) is 5.62. The first-order chi connectivity index (χ1) is 10.4. The second-order valence-corrected chi connectivity index (χ2v) is 8.22. The number of alkyl halides is 2. The third-order valence-electron chi connectivity index (χ3n) is 5.10. The highest BCUT2D eigenvalue weighted by Crippen LogP contribution is 2.65. The highest BCUT2D eigenvalue weighted by molar-refractivity contribution is 6.53. The third-order valence-corrected chi connectivity index (χ3v) is 6.20. The highest BCUT2D eigenvalue weighted by Gasteiger charge is 2.69. The lowest BCUT2D eigenvalue weighted by Gasteiger charge is -2.31. The Labute approximate surface area is 141 Å². The lowest BCUT2D eigenvalue weighted by Crippen LogP contribution is -2.40. The van der Waals surface area contributed by atoms with Crippen LogP contribution >= 0.6 is 23.2 Å². The average molecular weight is 344 g/mol. The summed E-state index contributed by atoms with van der Waals surface area (Å²) in [5, 5.41) is 0. The second kappa shape index (κ2) is 5.76. The van der Waals surface area contributed by atoms with E-state index in [0.29, 0.717) is 6.42 Å². The third kappa shape index (κ3) is 2.67. The normalized spacial score (nSPS) is 30.9. The van der Waals surface area contributed by atoms with Gasteiger partial charge in [0.25, 0.3) is 0 Å². The molecule has 5 heteroatoms. The zero-order chi connectivity index (χ0) is 16.0. The van der Waals surface area contributed by atoms with Crippen molar-refractivity contribution in [2.75, 3.05) is 6.54 Å². The van der Waals surface area contributed by atoms with Crippen LogP contribution in [-0.4, -0.2) is 21.7 Å². The summed E-state index contributed by atoms with van der Waals surface area (Å²) in [5.41, 5.74) is -0.654. The number of carbonyl (C=O) groups excluding carboxylic acids is 1. The Morgan fingerprint density at radius 2 is 2.09 bits per heavy atom. The van der Waals surface area contributed by atoms with Gasteiger partial charge in [-0.3, -0.25) is 4.79 Å². The summed E-state index contributed by atoms with van der Waals surface area (Å²) in [7, 11) is 0. The summed E-state index contributed by atoms with van der Waals surface area (Å²) in [6.45, 7) is 4.70. The molecular formula is C17H23Cl2NO2. The maximum absolute atomic E-state index is 13.0. The van der Waals surface area contributed by atoms with Crippen molar-refractivity contribution in [1.82, 2.24) is 4.90 Å². The van der Waals surface area contributed by atoms with Crippen LogP contribution < -0.4 is 0 Å². The Morgan fingerprint density at radius 3 is 2.68 bits per heavy atom. The first-order valence-corrected chi connectivity index (χ1v) is 8.92. The number of nitrogens with zero attached hydrogens (tertiary/aromatic N) is 1. The van der Waals surface area contributed by atoms with Gasteiger partial charge in [0.1, 0.15) is 15.9 Å². The fourth-order valence-corrected chi connectivity index (χ4v) is 4.06. The quantitative estimate of drug-likeness (QED) is 0.733. The van der Waals surface area contributed by atoms with Gasteiger partial charge in [0.2, 0.25) is 5.91 Å². The predicted octanol–water partition coefficient (Wildman–Crippen LogP) is 4.87. The zero-order valence-electron chi connectivity index (χ0n) is 13.2. The van der Waals surface area contributed by atoms with Gasteiger partial charge in [0, 0.05) is 13.0 Å². The number of amides is 1. The van der Waals surface area contributed by atoms with Gasteiger partial charge in [0.05, 0.1) is 11.5 Å². The minimum Gasteiger partial charge on any atom is -0.464 e. The van der Waals surface area contributed by atoms with Gasteiger partial charge in [-0.25, -0.2) is 0 Å². The maximum Gasteiger partial charge on any atom is 0.232 e. The Hall–Kier alpha value is -0.670. The molecule has 1 aromatic rings.